The van der Waals surface area contributed by atoms with Crippen molar-refractivity contribution in [1.82, 2.24) is 19.1 Å². The Morgan fingerprint density at radius 3 is 1.32 bits per heavy atom. The van der Waals surface area contributed by atoms with Crippen LogP contribution in [0.25, 0.3) is 133 Å². The average molecular weight is 921 g/mol. The van der Waals surface area contributed by atoms with Gasteiger partial charge >= 0.3 is 0 Å². The Bertz CT molecular complexity index is 4400. The molecule has 11 aromatic carbocycles. The van der Waals surface area contributed by atoms with Crippen molar-refractivity contribution < 1.29 is 4.74 Å². The van der Waals surface area contributed by atoms with E-state index in [2.05, 4.69) is 246 Å². The lowest BCUT2D eigenvalue weighted by molar-refractivity contribution is 0.415. The fourth-order valence-electron chi connectivity index (χ4n) is 10.9. The Morgan fingerprint density at radius 1 is 0.306 bits per heavy atom. The van der Waals surface area contributed by atoms with E-state index in [1.54, 1.807) is 7.11 Å². The number of hydrogen-bond donors (Lipinski definition) is 0. The monoisotopic (exact) mass is 920 g/mol. The lowest BCUT2D eigenvalue weighted by Gasteiger charge is -2.14. The smallest absolute Gasteiger partial charge is 0.162 e. The normalized spacial score (nSPS) is 11.7. The zero-order valence-corrected chi connectivity index (χ0v) is 39.4. The summed E-state index contributed by atoms with van der Waals surface area (Å²) >= 11 is 0. The lowest BCUT2D eigenvalue weighted by Crippen LogP contribution is -2.03. The van der Waals surface area contributed by atoms with Gasteiger partial charge in [-0.25, -0.2) is 9.97 Å². The number of methoxy groups -OCH3 is 1. The lowest BCUT2D eigenvalue weighted by atomic mass is 9.98. The largest absolute Gasteiger partial charge is 0.497 e. The van der Waals surface area contributed by atoms with Crippen LogP contribution in [-0.4, -0.2) is 26.2 Å². The number of benzene rings is 11. The fraction of sp³-hybridized carbons (Fsp3) is 0.0149. The molecule has 0 N–H and O–H groups in total. The third-order valence-corrected chi connectivity index (χ3v) is 14.4. The van der Waals surface area contributed by atoms with Gasteiger partial charge < -0.3 is 9.30 Å². The van der Waals surface area contributed by atoms with Gasteiger partial charge in [-0.1, -0.05) is 170 Å². The molecule has 0 unspecified atom stereocenters. The van der Waals surface area contributed by atoms with Gasteiger partial charge in [-0.2, -0.15) is 0 Å². The summed E-state index contributed by atoms with van der Waals surface area (Å²) < 4.78 is 10.3. The van der Waals surface area contributed by atoms with Crippen LogP contribution in [0.2, 0.25) is 0 Å². The molecule has 0 aliphatic carbocycles. The maximum absolute atomic E-state index is 5.56. The quantitative estimate of drug-likeness (QED) is 0.143. The van der Waals surface area contributed by atoms with Crippen LogP contribution in [0.4, 0.5) is 0 Å². The van der Waals surface area contributed by atoms with Gasteiger partial charge in [-0.15, -0.1) is 0 Å². The van der Waals surface area contributed by atoms with Crippen LogP contribution < -0.4 is 4.74 Å². The SMILES string of the molecule is COc1cccc(-c2ccc(-c3nc(-n4c5ccc(-c6ccccc6)cc5c5cc(-c6ccc7c(c6)c6cc(-c8ccccc8)ccc6n7-c6ccccc6)ccc54)c4ccc5ccccc5c4n3)cc2)c1. The van der Waals surface area contributed by atoms with Crippen LogP contribution in [-0.2, 0) is 0 Å². The molecule has 0 saturated carbocycles. The third kappa shape index (κ3) is 6.85. The number of hydrogen-bond acceptors (Lipinski definition) is 3. The molecular formula is C67H44N4O. The Labute approximate surface area is 416 Å². The van der Waals surface area contributed by atoms with Gasteiger partial charge in [-0.05, 0) is 129 Å². The first kappa shape index (κ1) is 41.4. The number of aromatic nitrogens is 4. The van der Waals surface area contributed by atoms with Gasteiger partial charge in [-0.3, -0.25) is 4.57 Å². The topological polar surface area (TPSA) is 44.9 Å². The minimum absolute atomic E-state index is 0.664. The van der Waals surface area contributed by atoms with Crippen molar-refractivity contribution in [3.63, 3.8) is 0 Å². The predicted molar refractivity (Wildman–Crippen MR) is 299 cm³/mol. The average Bonchev–Trinajstić information content (AvgIpc) is 3.97. The van der Waals surface area contributed by atoms with Gasteiger partial charge in [0.25, 0.3) is 0 Å². The van der Waals surface area contributed by atoms with Gasteiger partial charge in [0.15, 0.2) is 5.82 Å². The molecule has 0 radical (unpaired) electrons. The standard InChI is InChI=1S/C67H44N4O/c1-72-54-22-13-19-48(38-54)45-24-26-47(27-25-45)66-68-65-55-23-12-11-18-46(55)28-33-56(65)67(69-66)71-63-36-30-50(44-16-7-3-8-17-44)40-59(63)60-42-52(32-37-64(60)71)51-31-35-62-58(41-51)57-39-49(43-14-5-2-6-15-43)29-34-61(57)70(62)53-20-9-4-10-21-53/h2-42H,1H3. The van der Waals surface area contributed by atoms with E-state index in [-0.39, 0.29) is 0 Å². The van der Waals surface area contributed by atoms with Crippen LogP contribution in [0.3, 0.4) is 0 Å². The summed E-state index contributed by atoms with van der Waals surface area (Å²) in [5, 5.41) is 7.93. The molecule has 72 heavy (non-hydrogen) atoms. The second kappa shape index (κ2) is 16.8. The molecule has 14 rings (SSSR count). The molecule has 0 saturated heterocycles. The predicted octanol–water partition coefficient (Wildman–Crippen LogP) is 17.3. The molecule has 0 aliphatic heterocycles. The van der Waals surface area contributed by atoms with E-state index in [0.717, 1.165) is 94.1 Å². The Kier molecular flexibility index (Phi) is 9.68. The first-order valence-electron chi connectivity index (χ1n) is 24.4. The summed E-state index contributed by atoms with van der Waals surface area (Å²) in [6, 6.07) is 89.3. The number of para-hydroxylation sites is 1. The summed E-state index contributed by atoms with van der Waals surface area (Å²) in [6.07, 6.45) is 0. The summed E-state index contributed by atoms with van der Waals surface area (Å²) in [7, 11) is 1.70. The fourth-order valence-corrected chi connectivity index (χ4v) is 10.9. The highest BCUT2D eigenvalue weighted by Crippen LogP contribution is 2.42. The van der Waals surface area contributed by atoms with Crippen molar-refractivity contribution in [2.24, 2.45) is 0 Å². The first-order valence-corrected chi connectivity index (χ1v) is 24.4. The molecule has 0 aliphatic rings. The summed E-state index contributed by atoms with van der Waals surface area (Å²) in [4.78, 5) is 10.9. The Hall–Kier alpha value is -9.58. The number of fused-ring (bicyclic) bond motifs is 9. The zero-order valence-electron chi connectivity index (χ0n) is 39.4. The molecule has 338 valence electrons. The van der Waals surface area contributed by atoms with E-state index in [0.29, 0.717) is 5.82 Å². The zero-order chi connectivity index (χ0) is 47.7. The summed E-state index contributed by atoms with van der Waals surface area (Å²) in [5.41, 5.74) is 16.7. The van der Waals surface area contributed by atoms with Crippen molar-refractivity contribution in [2.45, 2.75) is 0 Å². The Morgan fingerprint density at radius 2 is 0.750 bits per heavy atom. The summed E-state index contributed by atoms with van der Waals surface area (Å²) in [6.45, 7) is 0. The molecule has 0 spiro atoms. The van der Waals surface area contributed by atoms with Gasteiger partial charge in [0, 0.05) is 43.6 Å². The second-order valence-electron chi connectivity index (χ2n) is 18.5. The molecule has 14 aromatic rings. The maximum atomic E-state index is 5.56. The molecule has 5 heteroatoms. The molecule has 0 atom stereocenters. The molecular weight excluding hydrogens is 877 g/mol. The molecule has 0 amide bonds. The van der Waals surface area contributed by atoms with Gasteiger partial charge in [0.1, 0.15) is 11.6 Å². The summed E-state index contributed by atoms with van der Waals surface area (Å²) in [5.74, 6) is 2.32. The van der Waals surface area contributed by atoms with Crippen LogP contribution in [0.1, 0.15) is 0 Å². The van der Waals surface area contributed by atoms with Gasteiger partial charge in [0.2, 0.25) is 0 Å². The van der Waals surface area contributed by atoms with E-state index in [1.807, 2.05) is 12.1 Å². The minimum atomic E-state index is 0.664. The van der Waals surface area contributed by atoms with Gasteiger partial charge in [0.05, 0.1) is 34.7 Å². The second-order valence-corrected chi connectivity index (χ2v) is 18.5. The molecule has 3 aromatic heterocycles. The van der Waals surface area contributed by atoms with Crippen LogP contribution in [0, 0.1) is 0 Å². The molecule has 5 nitrogen and oxygen atoms in total. The number of rotatable bonds is 8. The van der Waals surface area contributed by atoms with E-state index >= 15 is 0 Å². The van der Waals surface area contributed by atoms with Crippen molar-refractivity contribution in [3.05, 3.63) is 249 Å². The number of nitrogens with zero attached hydrogens (tertiary/aromatic N) is 4. The minimum Gasteiger partial charge on any atom is -0.497 e. The molecule has 0 bridgehead atoms. The highest BCUT2D eigenvalue weighted by atomic mass is 16.5. The first-order chi connectivity index (χ1) is 35.6. The van der Waals surface area contributed by atoms with Crippen molar-refractivity contribution >= 4 is 65.3 Å². The third-order valence-electron chi connectivity index (χ3n) is 14.4. The molecule has 3 heterocycles. The van der Waals surface area contributed by atoms with Crippen LogP contribution in [0.5, 0.6) is 5.75 Å². The maximum Gasteiger partial charge on any atom is 0.162 e. The van der Waals surface area contributed by atoms with Crippen molar-refractivity contribution in [1.29, 1.82) is 0 Å². The highest BCUT2D eigenvalue weighted by Gasteiger charge is 2.21. The number of ether oxygens (including phenoxy) is 1. The van der Waals surface area contributed by atoms with Crippen LogP contribution in [0.15, 0.2) is 249 Å². The molecule has 0 fully saturated rings. The van der Waals surface area contributed by atoms with E-state index in [9.17, 15) is 0 Å². The van der Waals surface area contributed by atoms with E-state index in [1.165, 1.54) is 38.5 Å². The van der Waals surface area contributed by atoms with E-state index in [4.69, 9.17) is 14.7 Å². The van der Waals surface area contributed by atoms with E-state index < -0.39 is 0 Å². The van der Waals surface area contributed by atoms with Crippen molar-refractivity contribution in [2.75, 3.05) is 7.11 Å². The van der Waals surface area contributed by atoms with Crippen molar-refractivity contribution in [3.8, 4) is 73.2 Å². The van der Waals surface area contributed by atoms with Crippen LogP contribution >= 0.6 is 0 Å². The highest BCUT2D eigenvalue weighted by molar-refractivity contribution is 6.15. The Balaban J connectivity index is 0.990.